The second kappa shape index (κ2) is 6.31. The summed E-state index contributed by atoms with van der Waals surface area (Å²) in [5.74, 6) is -0.0516. The van der Waals surface area contributed by atoms with E-state index in [0.29, 0.717) is 11.4 Å². The van der Waals surface area contributed by atoms with Gasteiger partial charge in [0.2, 0.25) is 0 Å². The van der Waals surface area contributed by atoms with Crippen molar-refractivity contribution in [3.05, 3.63) is 46.3 Å². The molecule has 0 aliphatic rings. The minimum Gasteiger partial charge on any atom is -0.465 e. The number of nitrogens with one attached hydrogen (secondary N) is 1. The predicted octanol–water partition coefficient (Wildman–Crippen LogP) is 2.08. The third kappa shape index (κ3) is 3.30. The van der Waals surface area contributed by atoms with Crippen LogP contribution in [0.3, 0.4) is 0 Å². The second-order valence-electron chi connectivity index (χ2n) is 3.84. The normalized spacial score (nSPS) is 11.9. The van der Waals surface area contributed by atoms with Crippen molar-refractivity contribution in [3.8, 4) is 0 Å². The number of carbonyl (C=O) groups is 1. The van der Waals surface area contributed by atoms with Gasteiger partial charge in [-0.15, -0.1) is 0 Å². The summed E-state index contributed by atoms with van der Waals surface area (Å²) in [7, 11) is 1.32. The summed E-state index contributed by atoms with van der Waals surface area (Å²) in [6, 6.07) is 5.14. The quantitative estimate of drug-likeness (QED) is 0.819. The van der Waals surface area contributed by atoms with E-state index in [1.54, 1.807) is 18.3 Å². The first kappa shape index (κ1) is 13.5. The molecule has 0 radical (unpaired) electrons. The maximum Gasteiger partial charge on any atom is 0.341 e. The molecule has 0 saturated carbocycles. The Labute approximate surface area is 114 Å². The number of hydrogen-bond donors (Lipinski definition) is 2. The summed E-state index contributed by atoms with van der Waals surface area (Å²) in [6.07, 6.45) is 0.935. The minimum atomic E-state index is -0.640. The van der Waals surface area contributed by atoms with Crippen LogP contribution < -0.4 is 5.32 Å². The van der Waals surface area contributed by atoms with E-state index in [1.807, 2.05) is 16.8 Å². The lowest BCUT2D eigenvalue weighted by molar-refractivity contribution is 0.0601. The molecule has 2 N–H and O–H groups in total. The molecule has 2 aromatic heterocycles. The van der Waals surface area contributed by atoms with Gasteiger partial charge in [0.1, 0.15) is 11.4 Å². The van der Waals surface area contributed by atoms with Crippen LogP contribution in [0.4, 0.5) is 5.82 Å². The van der Waals surface area contributed by atoms with Gasteiger partial charge in [-0.2, -0.15) is 11.3 Å². The van der Waals surface area contributed by atoms with Crippen LogP contribution >= 0.6 is 11.3 Å². The van der Waals surface area contributed by atoms with E-state index in [0.717, 1.165) is 5.56 Å². The standard InChI is InChI=1S/C13H14N2O3S/c1-18-13(17)10-3-2-5-14-12(10)15-7-11(16)9-4-6-19-8-9/h2-6,8,11,16H,7H2,1H3,(H,14,15). The lowest BCUT2D eigenvalue weighted by Gasteiger charge is -2.13. The second-order valence-corrected chi connectivity index (χ2v) is 4.62. The Morgan fingerprint density at radius 1 is 1.58 bits per heavy atom. The summed E-state index contributed by atoms with van der Waals surface area (Å²) in [6.45, 7) is 0.276. The van der Waals surface area contributed by atoms with Crippen molar-refractivity contribution >= 4 is 23.1 Å². The van der Waals surface area contributed by atoms with Gasteiger partial charge in [0.15, 0.2) is 0 Å². The molecule has 19 heavy (non-hydrogen) atoms. The molecule has 2 aromatic rings. The summed E-state index contributed by atoms with van der Waals surface area (Å²) >= 11 is 1.52. The lowest BCUT2D eigenvalue weighted by Crippen LogP contribution is -2.15. The lowest BCUT2D eigenvalue weighted by atomic mass is 10.2. The van der Waals surface area contributed by atoms with Crippen molar-refractivity contribution in [1.29, 1.82) is 0 Å². The number of aliphatic hydroxyl groups is 1. The van der Waals surface area contributed by atoms with Gasteiger partial charge >= 0.3 is 5.97 Å². The summed E-state index contributed by atoms with van der Waals surface area (Å²) < 4.78 is 4.68. The van der Waals surface area contributed by atoms with Crippen molar-refractivity contribution in [2.45, 2.75) is 6.10 Å². The molecule has 5 nitrogen and oxygen atoms in total. The molecule has 2 rings (SSSR count). The maximum atomic E-state index is 11.5. The molecule has 2 heterocycles. The molecule has 0 amide bonds. The van der Waals surface area contributed by atoms with E-state index >= 15 is 0 Å². The van der Waals surface area contributed by atoms with Crippen LogP contribution in [-0.4, -0.2) is 29.7 Å². The Balaban J connectivity index is 2.05. The number of hydrogen-bond acceptors (Lipinski definition) is 6. The van der Waals surface area contributed by atoms with E-state index in [2.05, 4.69) is 15.0 Å². The Bertz CT molecular complexity index is 543. The highest BCUT2D eigenvalue weighted by molar-refractivity contribution is 7.07. The maximum absolute atomic E-state index is 11.5. The number of carbonyl (C=O) groups excluding carboxylic acids is 1. The summed E-state index contributed by atoms with van der Waals surface area (Å²) in [4.78, 5) is 15.6. The van der Waals surface area contributed by atoms with Gasteiger partial charge in [-0.1, -0.05) is 0 Å². The third-order valence-corrected chi connectivity index (χ3v) is 3.31. The highest BCUT2D eigenvalue weighted by Crippen LogP contribution is 2.18. The van der Waals surface area contributed by atoms with E-state index < -0.39 is 12.1 Å². The van der Waals surface area contributed by atoms with E-state index in [9.17, 15) is 9.90 Å². The van der Waals surface area contributed by atoms with Crippen LogP contribution in [0, 0.1) is 0 Å². The van der Waals surface area contributed by atoms with E-state index in [1.165, 1.54) is 18.4 Å². The predicted molar refractivity (Wildman–Crippen MR) is 73.3 cm³/mol. The molecule has 0 fully saturated rings. The van der Waals surface area contributed by atoms with Gasteiger partial charge in [0.05, 0.1) is 13.2 Å². The first-order chi connectivity index (χ1) is 9.22. The van der Waals surface area contributed by atoms with Crippen molar-refractivity contribution < 1.29 is 14.6 Å². The minimum absolute atomic E-state index is 0.276. The zero-order valence-electron chi connectivity index (χ0n) is 10.4. The van der Waals surface area contributed by atoms with Gasteiger partial charge < -0.3 is 15.2 Å². The van der Waals surface area contributed by atoms with E-state index in [-0.39, 0.29) is 6.54 Å². The Morgan fingerprint density at radius 3 is 3.11 bits per heavy atom. The number of aliphatic hydroxyl groups excluding tert-OH is 1. The Morgan fingerprint density at radius 2 is 2.42 bits per heavy atom. The number of rotatable bonds is 5. The van der Waals surface area contributed by atoms with Crippen LogP contribution in [0.1, 0.15) is 22.0 Å². The van der Waals surface area contributed by atoms with Gasteiger partial charge in [0.25, 0.3) is 0 Å². The fraction of sp³-hybridized carbons (Fsp3) is 0.231. The van der Waals surface area contributed by atoms with Crippen LogP contribution in [0.15, 0.2) is 35.2 Å². The summed E-state index contributed by atoms with van der Waals surface area (Å²) in [5, 5.41) is 16.7. The average molecular weight is 278 g/mol. The molecule has 0 spiro atoms. The topological polar surface area (TPSA) is 71.5 Å². The number of aromatic nitrogens is 1. The van der Waals surface area contributed by atoms with E-state index in [4.69, 9.17) is 0 Å². The summed E-state index contributed by atoms with van der Waals surface area (Å²) in [5.41, 5.74) is 1.19. The number of thiophene rings is 1. The van der Waals surface area contributed by atoms with Crippen molar-refractivity contribution in [2.75, 3.05) is 19.0 Å². The third-order valence-electron chi connectivity index (χ3n) is 2.60. The number of ether oxygens (including phenoxy) is 1. The Kier molecular flexibility index (Phi) is 4.48. The van der Waals surface area contributed by atoms with Gasteiger partial charge in [0, 0.05) is 12.7 Å². The molecule has 0 bridgehead atoms. The van der Waals surface area contributed by atoms with Gasteiger partial charge in [-0.25, -0.2) is 9.78 Å². The fourth-order valence-electron chi connectivity index (χ4n) is 1.60. The number of esters is 1. The monoisotopic (exact) mass is 278 g/mol. The van der Waals surface area contributed by atoms with Crippen LogP contribution in [0.5, 0.6) is 0 Å². The SMILES string of the molecule is COC(=O)c1cccnc1NCC(O)c1ccsc1. The molecule has 1 atom stereocenters. The van der Waals surface area contributed by atoms with Gasteiger partial charge in [-0.3, -0.25) is 0 Å². The molecular formula is C13H14N2O3S. The zero-order valence-corrected chi connectivity index (χ0v) is 11.2. The molecule has 0 aliphatic carbocycles. The zero-order chi connectivity index (χ0) is 13.7. The highest BCUT2D eigenvalue weighted by Gasteiger charge is 2.14. The first-order valence-electron chi connectivity index (χ1n) is 5.69. The number of anilines is 1. The molecule has 100 valence electrons. The van der Waals surface area contributed by atoms with Crippen LogP contribution in [0.25, 0.3) is 0 Å². The molecular weight excluding hydrogens is 264 g/mol. The molecule has 0 aliphatic heterocycles. The number of nitrogens with zero attached hydrogens (tertiary/aromatic N) is 1. The highest BCUT2D eigenvalue weighted by atomic mass is 32.1. The van der Waals surface area contributed by atoms with Crippen molar-refractivity contribution in [3.63, 3.8) is 0 Å². The fourth-order valence-corrected chi connectivity index (χ4v) is 2.30. The Hall–Kier alpha value is -1.92. The number of pyridine rings is 1. The smallest absolute Gasteiger partial charge is 0.341 e. The van der Waals surface area contributed by atoms with Crippen molar-refractivity contribution in [1.82, 2.24) is 4.98 Å². The van der Waals surface area contributed by atoms with Crippen LogP contribution in [-0.2, 0) is 4.74 Å². The average Bonchev–Trinajstić information content (AvgIpc) is 2.98. The molecule has 0 saturated heterocycles. The molecule has 1 unspecified atom stereocenters. The van der Waals surface area contributed by atoms with Crippen LogP contribution in [0.2, 0.25) is 0 Å². The molecule has 0 aromatic carbocycles. The first-order valence-corrected chi connectivity index (χ1v) is 6.64. The van der Waals surface area contributed by atoms with Gasteiger partial charge in [-0.05, 0) is 34.5 Å². The largest absolute Gasteiger partial charge is 0.465 e. The number of methoxy groups -OCH3 is 1. The van der Waals surface area contributed by atoms with Crippen molar-refractivity contribution in [2.24, 2.45) is 0 Å². The molecule has 6 heteroatoms.